The summed E-state index contributed by atoms with van der Waals surface area (Å²) >= 11 is 0. The van der Waals surface area contributed by atoms with Crippen molar-refractivity contribution in [2.75, 3.05) is 33.1 Å². The van der Waals surface area contributed by atoms with Crippen LogP contribution in [-0.4, -0.2) is 39.8 Å². The molecular weight excluding hydrogens is 388 g/mol. The number of aryl methyl sites for hydroxylation is 1. The standard InChI is InChI=1S/C18H19NO3.C8H17N/c1-12-5-7-16(8-6-12)19-18(20)15-9-13(2)17(22-11-15)10-14(3)21-4;1-9(2)8-6-4-3-5-7-8/h5-10H,2-3,11H2,1,4H3,(H,19,20);8H,3-7H2,1-2H3/p+1/b17-10+;. The number of methoxy groups -OCH3 is 1. The van der Waals surface area contributed by atoms with Gasteiger partial charge in [0, 0.05) is 17.3 Å². The molecule has 0 spiro atoms. The number of hydrogen-bond donors (Lipinski definition) is 2. The Hall–Kier alpha value is -2.79. The zero-order valence-corrected chi connectivity index (χ0v) is 19.4. The molecule has 1 aromatic rings. The molecule has 1 heterocycles. The smallest absolute Gasteiger partial charge is 0.255 e. The highest BCUT2D eigenvalue weighted by Gasteiger charge is 2.19. The SMILES string of the molecule is C=C(/C=C1/OCC(C(=O)Nc2ccc(C)cc2)=CC1=C)OC.C[NH+](C)C1CCCCC1. The quantitative estimate of drug-likeness (QED) is 0.703. The first-order valence-electron chi connectivity index (χ1n) is 11.0. The molecule has 0 radical (unpaired) electrons. The summed E-state index contributed by atoms with van der Waals surface area (Å²) in [5.74, 6) is 0.825. The van der Waals surface area contributed by atoms with E-state index in [2.05, 4.69) is 32.6 Å². The molecule has 168 valence electrons. The first kappa shape index (κ1) is 24.5. The molecule has 1 amide bonds. The number of allylic oxidation sites excluding steroid dienone is 2. The van der Waals surface area contributed by atoms with Crippen LogP contribution < -0.4 is 10.2 Å². The second-order valence-electron chi connectivity index (χ2n) is 8.39. The fraction of sp³-hybridized carbons (Fsp3) is 0.423. The van der Waals surface area contributed by atoms with Crippen molar-refractivity contribution in [1.29, 1.82) is 0 Å². The third kappa shape index (κ3) is 8.10. The van der Waals surface area contributed by atoms with Gasteiger partial charge < -0.3 is 19.7 Å². The van der Waals surface area contributed by atoms with Gasteiger partial charge in [-0.2, -0.15) is 0 Å². The third-order valence-corrected chi connectivity index (χ3v) is 5.63. The molecular formula is C26H37N2O3+. The maximum Gasteiger partial charge on any atom is 0.255 e. The van der Waals surface area contributed by atoms with E-state index in [9.17, 15) is 4.79 Å². The predicted molar refractivity (Wildman–Crippen MR) is 127 cm³/mol. The molecule has 5 heteroatoms. The van der Waals surface area contributed by atoms with Gasteiger partial charge in [-0.3, -0.25) is 4.79 Å². The van der Waals surface area contributed by atoms with Crippen LogP contribution in [0.4, 0.5) is 5.69 Å². The Morgan fingerprint density at radius 2 is 1.84 bits per heavy atom. The summed E-state index contributed by atoms with van der Waals surface area (Å²) in [4.78, 5) is 13.9. The van der Waals surface area contributed by atoms with Gasteiger partial charge in [0.25, 0.3) is 5.91 Å². The van der Waals surface area contributed by atoms with E-state index in [0.717, 1.165) is 17.3 Å². The van der Waals surface area contributed by atoms with Crippen LogP contribution in [-0.2, 0) is 14.3 Å². The van der Waals surface area contributed by atoms with Gasteiger partial charge in [-0.05, 0) is 50.8 Å². The molecule has 1 aliphatic carbocycles. The minimum atomic E-state index is -0.199. The highest BCUT2D eigenvalue weighted by molar-refractivity contribution is 6.04. The van der Waals surface area contributed by atoms with Crippen molar-refractivity contribution in [2.45, 2.75) is 45.1 Å². The number of carbonyl (C=O) groups excluding carboxylic acids is 1. The molecule has 0 saturated heterocycles. The van der Waals surface area contributed by atoms with E-state index >= 15 is 0 Å². The minimum Gasteiger partial charge on any atom is -0.497 e. The van der Waals surface area contributed by atoms with Gasteiger partial charge in [-0.25, -0.2) is 0 Å². The predicted octanol–water partition coefficient (Wildman–Crippen LogP) is 3.95. The van der Waals surface area contributed by atoms with Crippen molar-refractivity contribution in [3.05, 3.63) is 77.8 Å². The van der Waals surface area contributed by atoms with E-state index in [1.807, 2.05) is 31.2 Å². The summed E-state index contributed by atoms with van der Waals surface area (Å²) in [5, 5.41) is 2.84. The number of amides is 1. The Labute approximate surface area is 187 Å². The van der Waals surface area contributed by atoms with Crippen molar-refractivity contribution < 1.29 is 19.2 Å². The number of carbonyl (C=O) groups is 1. The molecule has 1 aromatic carbocycles. The summed E-state index contributed by atoms with van der Waals surface area (Å²) in [6.45, 7) is 9.76. The summed E-state index contributed by atoms with van der Waals surface area (Å²) in [6.07, 6.45) is 10.7. The fourth-order valence-corrected chi connectivity index (χ4v) is 3.57. The molecule has 2 N–H and O–H groups in total. The van der Waals surface area contributed by atoms with Crippen molar-refractivity contribution in [3.8, 4) is 0 Å². The molecule has 31 heavy (non-hydrogen) atoms. The number of hydrogen-bond acceptors (Lipinski definition) is 3. The molecule has 1 fully saturated rings. The Morgan fingerprint density at radius 1 is 1.19 bits per heavy atom. The number of ether oxygens (including phenoxy) is 2. The molecule has 0 atom stereocenters. The topological polar surface area (TPSA) is 52.0 Å². The average Bonchev–Trinajstić information content (AvgIpc) is 2.77. The molecule has 3 rings (SSSR count). The van der Waals surface area contributed by atoms with E-state index in [0.29, 0.717) is 22.7 Å². The summed E-state index contributed by atoms with van der Waals surface area (Å²) < 4.78 is 10.5. The Bertz CT molecular complexity index is 829. The second kappa shape index (κ2) is 12.2. The minimum absolute atomic E-state index is 0.180. The molecule has 2 aliphatic rings. The van der Waals surface area contributed by atoms with Crippen LogP contribution in [0.3, 0.4) is 0 Å². The first-order chi connectivity index (χ1) is 14.8. The van der Waals surface area contributed by atoms with Crippen LogP contribution in [0.1, 0.15) is 37.7 Å². The number of rotatable bonds is 5. The van der Waals surface area contributed by atoms with E-state index in [4.69, 9.17) is 9.47 Å². The summed E-state index contributed by atoms with van der Waals surface area (Å²) in [5.41, 5.74) is 3.01. The number of nitrogens with one attached hydrogen (secondary N) is 2. The van der Waals surface area contributed by atoms with Crippen LogP contribution in [0.2, 0.25) is 0 Å². The number of benzene rings is 1. The number of quaternary nitrogens is 1. The third-order valence-electron chi connectivity index (χ3n) is 5.63. The van der Waals surface area contributed by atoms with Gasteiger partial charge in [0.05, 0.1) is 32.8 Å². The zero-order valence-electron chi connectivity index (χ0n) is 19.4. The summed E-state index contributed by atoms with van der Waals surface area (Å²) in [7, 11) is 6.08. The van der Waals surface area contributed by atoms with Gasteiger partial charge in [-0.1, -0.05) is 37.3 Å². The zero-order chi connectivity index (χ0) is 22.8. The summed E-state index contributed by atoms with van der Waals surface area (Å²) in [6, 6.07) is 8.58. The monoisotopic (exact) mass is 425 g/mol. The van der Waals surface area contributed by atoms with Gasteiger partial charge in [0.2, 0.25) is 0 Å². The van der Waals surface area contributed by atoms with Gasteiger partial charge in [0.15, 0.2) is 0 Å². The van der Waals surface area contributed by atoms with Crippen LogP contribution >= 0.6 is 0 Å². The van der Waals surface area contributed by atoms with Gasteiger partial charge in [0.1, 0.15) is 18.1 Å². The maximum atomic E-state index is 12.2. The first-order valence-corrected chi connectivity index (χ1v) is 11.0. The lowest BCUT2D eigenvalue weighted by Crippen LogP contribution is -3.10. The Kier molecular flexibility index (Phi) is 9.60. The molecule has 1 saturated carbocycles. The van der Waals surface area contributed by atoms with E-state index in [1.54, 1.807) is 17.1 Å². The molecule has 5 nitrogen and oxygen atoms in total. The Morgan fingerprint density at radius 3 is 2.35 bits per heavy atom. The lowest BCUT2D eigenvalue weighted by Gasteiger charge is -2.24. The van der Waals surface area contributed by atoms with Crippen LogP contribution in [0.15, 0.2) is 72.2 Å². The highest BCUT2D eigenvalue weighted by Crippen LogP contribution is 2.23. The second-order valence-corrected chi connectivity index (χ2v) is 8.39. The van der Waals surface area contributed by atoms with Crippen LogP contribution in [0.25, 0.3) is 0 Å². The maximum absolute atomic E-state index is 12.2. The van der Waals surface area contributed by atoms with Crippen molar-refractivity contribution in [1.82, 2.24) is 0 Å². The van der Waals surface area contributed by atoms with E-state index in [1.165, 1.54) is 39.2 Å². The van der Waals surface area contributed by atoms with Crippen LogP contribution in [0.5, 0.6) is 0 Å². The Balaban J connectivity index is 0.000000316. The molecule has 1 aliphatic heterocycles. The fourth-order valence-electron chi connectivity index (χ4n) is 3.57. The van der Waals surface area contributed by atoms with Crippen molar-refractivity contribution in [3.63, 3.8) is 0 Å². The van der Waals surface area contributed by atoms with Crippen molar-refractivity contribution >= 4 is 11.6 Å². The van der Waals surface area contributed by atoms with Gasteiger partial charge >= 0.3 is 0 Å². The molecule has 0 bridgehead atoms. The largest absolute Gasteiger partial charge is 0.497 e. The lowest BCUT2D eigenvalue weighted by atomic mass is 9.95. The average molecular weight is 426 g/mol. The highest BCUT2D eigenvalue weighted by atomic mass is 16.5. The number of anilines is 1. The molecule has 0 unspecified atom stereocenters. The van der Waals surface area contributed by atoms with E-state index < -0.39 is 0 Å². The lowest BCUT2D eigenvalue weighted by molar-refractivity contribution is -0.887. The van der Waals surface area contributed by atoms with Gasteiger partial charge in [-0.15, -0.1) is 0 Å². The van der Waals surface area contributed by atoms with Crippen molar-refractivity contribution in [2.24, 2.45) is 0 Å². The normalized spacial score (nSPS) is 17.9. The van der Waals surface area contributed by atoms with Crippen LogP contribution in [0, 0.1) is 6.92 Å². The molecule has 0 aromatic heterocycles. The van der Waals surface area contributed by atoms with E-state index in [-0.39, 0.29) is 12.5 Å².